The molecule has 6 heteroatoms. The minimum atomic E-state index is -0.684. The number of allylic oxidation sites excluding steroid dienone is 1. The first-order valence-electron chi connectivity index (χ1n) is 7.62. The number of carbonyl (C=O) groups is 1. The van der Waals surface area contributed by atoms with Crippen molar-refractivity contribution in [3.63, 3.8) is 0 Å². The summed E-state index contributed by atoms with van der Waals surface area (Å²) in [4.78, 5) is 12.5. The van der Waals surface area contributed by atoms with Gasteiger partial charge < -0.3 is 19.4 Å². The highest BCUT2D eigenvalue weighted by Crippen LogP contribution is 2.38. The molecule has 1 aromatic carbocycles. The molecule has 0 fully saturated rings. The number of hydrogen-bond donors (Lipinski definition) is 2. The van der Waals surface area contributed by atoms with Crippen molar-refractivity contribution in [2.24, 2.45) is 0 Å². The molecule has 0 saturated carbocycles. The van der Waals surface area contributed by atoms with Gasteiger partial charge in [0.05, 0.1) is 5.02 Å². The van der Waals surface area contributed by atoms with Crippen LogP contribution in [-0.2, 0) is 17.6 Å². The summed E-state index contributed by atoms with van der Waals surface area (Å²) >= 11 is 6.16. The van der Waals surface area contributed by atoms with Crippen LogP contribution in [0.1, 0.15) is 40.8 Å². The Bertz CT molecular complexity index is 806. The van der Waals surface area contributed by atoms with E-state index >= 15 is 0 Å². The van der Waals surface area contributed by atoms with Gasteiger partial charge in [0.25, 0.3) is 0 Å². The molecule has 0 saturated heterocycles. The molecule has 0 aliphatic carbocycles. The van der Waals surface area contributed by atoms with E-state index in [0.29, 0.717) is 18.6 Å². The predicted octanol–water partition coefficient (Wildman–Crippen LogP) is 3.98. The highest BCUT2D eigenvalue weighted by molar-refractivity contribution is 6.33. The number of hydrogen-bond acceptors (Lipinski definition) is 5. The minimum absolute atomic E-state index is 0.00153. The van der Waals surface area contributed by atoms with Crippen LogP contribution < -0.4 is 0 Å². The van der Waals surface area contributed by atoms with Crippen molar-refractivity contribution in [3.8, 4) is 11.5 Å². The number of aromatic hydroxyl groups is 2. The molecule has 2 bridgehead atoms. The zero-order chi connectivity index (χ0) is 17.3. The number of fused-ring (bicyclic) bond motifs is 3. The highest BCUT2D eigenvalue weighted by Gasteiger charge is 2.25. The first-order valence-corrected chi connectivity index (χ1v) is 8.00. The Balaban J connectivity index is 2.13. The first-order chi connectivity index (χ1) is 11.5. The van der Waals surface area contributed by atoms with E-state index < -0.39 is 5.97 Å². The van der Waals surface area contributed by atoms with Crippen LogP contribution in [0.3, 0.4) is 0 Å². The van der Waals surface area contributed by atoms with Crippen molar-refractivity contribution in [3.05, 3.63) is 58.0 Å². The van der Waals surface area contributed by atoms with Crippen LogP contribution in [0.15, 0.2) is 34.8 Å². The number of phenolic OH excluding ortho intramolecular Hbond substituents is 2. The Morgan fingerprint density at radius 2 is 1.92 bits per heavy atom. The second kappa shape index (κ2) is 6.61. The summed E-state index contributed by atoms with van der Waals surface area (Å²) in [5.41, 5.74) is 0.227. The largest absolute Gasteiger partial charge is 0.507 e. The Hall–Kier alpha value is -2.40. The molecule has 1 aromatic heterocycles. The van der Waals surface area contributed by atoms with E-state index in [1.807, 2.05) is 18.2 Å². The average Bonchev–Trinajstić information content (AvgIpc) is 2.96. The second-order valence-electron chi connectivity index (χ2n) is 5.75. The SMILES string of the molecule is CC1C/C=C/Cc2ccc(o2)Cc2c(Cl)c(O)cc(O)c2C(=O)O1. The fourth-order valence-corrected chi connectivity index (χ4v) is 2.87. The molecule has 1 unspecified atom stereocenters. The number of rotatable bonds is 0. The third kappa shape index (κ3) is 3.26. The van der Waals surface area contributed by atoms with Crippen molar-refractivity contribution in [2.45, 2.75) is 32.3 Å². The van der Waals surface area contributed by atoms with E-state index in [-0.39, 0.29) is 40.2 Å². The molecule has 3 rings (SSSR count). The van der Waals surface area contributed by atoms with Crippen molar-refractivity contribution in [1.82, 2.24) is 0 Å². The molecule has 0 spiro atoms. The maximum absolute atomic E-state index is 12.5. The van der Waals surface area contributed by atoms with Gasteiger partial charge in [-0.2, -0.15) is 0 Å². The zero-order valence-corrected chi connectivity index (χ0v) is 13.8. The van der Waals surface area contributed by atoms with Crippen LogP contribution in [0.2, 0.25) is 5.02 Å². The molecule has 2 N–H and O–H groups in total. The van der Waals surface area contributed by atoms with Gasteiger partial charge in [0.15, 0.2) is 0 Å². The summed E-state index contributed by atoms with van der Waals surface area (Å²) in [5.74, 6) is -0.00163. The minimum Gasteiger partial charge on any atom is -0.507 e. The summed E-state index contributed by atoms with van der Waals surface area (Å²) in [7, 11) is 0. The number of ether oxygens (including phenoxy) is 1. The van der Waals surface area contributed by atoms with Crippen LogP contribution >= 0.6 is 11.6 Å². The van der Waals surface area contributed by atoms with Crippen LogP contribution in [0.5, 0.6) is 11.5 Å². The zero-order valence-electron chi connectivity index (χ0n) is 13.1. The summed E-state index contributed by atoms with van der Waals surface area (Å²) in [6, 6.07) is 4.67. The van der Waals surface area contributed by atoms with Crippen molar-refractivity contribution in [1.29, 1.82) is 0 Å². The Kier molecular flexibility index (Phi) is 4.53. The fraction of sp³-hybridized carbons (Fsp3) is 0.278. The molecule has 0 amide bonds. The predicted molar refractivity (Wildman–Crippen MR) is 88.6 cm³/mol. The Labute approximate surface area is 144 Å². The van der Waals surface area contributed by atoms with Gasteiger partial charge in [0.2, 0.25) is 0 Å². The summed E-state index contributed by atoms with van der Waals surface area (Å²) in [6.45, 7) is 1.77. The number of cyclic esters (lactones) is 1. The molecule has 5 nitrogen and oxygen atoms in total. The van der Waals surface area contributed by atoms with Crippen LogP contribution in [-0.4, -0.2) is 22.3 Å². The molecule has 24 heavy (non-hydrogen) atoms. The number of phenols is 2. The van der Waals surface area contributed by atoms with Gasteiger partial charge in [0, 0.05) is 30.9 Å². The topological polar surface area (TPSA) is 79.9 Å². The number of furan rings is 1. The van der Waals surface area contributed by atoms with Gasteiger partial charge in [0.1, 0.15) is 34.7 Å². The standard InChI is InChI=1S/C18H17ClO5/c1-10-4-2-3-5-11-6-7-12(24-11)8-13-16(18(22)23-10)14(20)9-15(21)17(13)19/h2-3,6-7,9-10,20-21H,4-5,8H2,1H3/b3-2+. The molecule has 1 atom stereocenters. The van der Waals surface area contributed by atoms with E-state index in [2.05, 4.69) is 0 Å². The molecule has 1 aliphatic heterocycles. The van der Waals surface area contributed by atoms with Crippen molar-refractivity contribution >= 4 is 17.6 Å². The van der Waals surface area contributed by atoms with E-state index in [4.69, 9.17) is 20.8 Å². The van der Waals surface area contributed by atoms with Crippen LogP contribution in [0, 0.1) is 0 Å². The van der Waals surface area contributed by atoms with Gasteiger partial charge >= 0.3 is 5.97 Å². The number of carbonyl (C=O) groups excluding carboxylic acids is 1. The summed E-state index contributed by atoms with van der Waals surface area (Å²) in [5, 5.41) is 20.0. The molecule has 2 heterocycles. The first kappa shape index (κ1) is 16.5. The normalized spacial score (nSPS) is 19.4. The fourth-order valence-electron chi connectivity index (χ4n) is 2.66. The lowest BCUT2D eigenvalue weighted by atomic mass is 10.0. The van der Waals surface area contributed by atoms with Gasteiger partial charge in [-0.15, -0.1) is 0 Å². The van der Waals surface area contributed by atoms with Crippen LogP contribution in [0.25, 0.3) is 0 Å². The number of halogens is 1. The van der Waals surface area contributed by atoms with E-state index in [0.717, 1.165) is 11.8 Å². The van der Waals surface area contributed by atoms with E-state index in [1.54, 1.807) is 13.0 Å². The van der Waals surface area contributed by atoms with Crippen molar-refractivity contribution < 1.29 is 24.2 Å². The maximum Gasteiger partial charge on any atom is 0.342 e. The van der Waals surface area contributed by atoms with Crippen molar-refractivity contribution in [2.75, 3.05) is 0 Å². The molecular weight excluding hydrogens is 332 g/mol. The second-order valence-corrected chi connectivity index (χ2v) is 6.13. The van der Waals surface area contributed by atoms with Crippen LogP contribution in [0.4, 0.5) is 0 Å². The summed E-state index contributed by atoms with van der Waals surface area (Å²) in [6.07, 6.45) is 4.84. The smallest absolute Gasteiger partial charge is 0.342 e. The van der Waals surface area contributed by atoms with E-state index in [9.17, 15) is 15.0 Å². The highest BCUT2D eigenvalue weighted by atomic mass is 35.5. The third-order valence-corrected chi connectivity index (χ3v) is 4.28. The molecule has 0 radical (unpaired) electrons. The monoisotopic (exact) mass is 348 g/mol. The van der Waals surface area contributed by atoms with E-state index in [1.165, 1.54) is 0 Å². The lowest BCUT2D eigenvalue weighted by Crippen LogP contribution is -2.16. The number of esters is 1. The van der Waals surface area contributed by atoms with Gasteiger partial charge in [-0.25, -0.2) is 4.79 Å². The maximum atomic E-state index is 12.5. The third-order valence-electron chi connectivity index (χ3n) is 3.86. The lowest BCUT2D eigenvalue weighted by Gasteiger charge is -2.16. The Morgan fingerprint density at radius 3 is 2.71 bits per heavy atom. The molecule has 1 aliphatic rings. The molecular formula is C18H17ClO5. The quantitative estimate of drug-likeness (QED) is 0.556. The molecule has 126 valence electrons. The van der Waals surface area contributed by atoms with Gasteiger partial charge in [-0.05, 0) is 19.1 Å². The van der Waals surface area contributed by atoms with Gasteiger partial charge in [-0.1, -0.05) is 23.8 Å². The lowest BCUT2D eigenvalue weighted by molar-refractivity contribution is 0.0343. The summed E-state index contributed by atoms with van der Waals surface area (Å²) < 4.78 is 11.1. The average molecular weight is 349 g/mol. The molecule has 2 aromatic rings. The Morgan fingerprint density at radius 1 is 1.17 bits per heavy atom. The number of benzene rings is 1. The van der Waals surface area contributed by atoms with Gasteiger partial charge in [-0.3, -0.25) is 0 Å².